The van der Waals surface area contributed by atoms with Gasteiger partial charge in [0.1, 0.15) is 5.52 Å². The van der Waals surface area contributed by atoms with Crippen molar-refractivity contribution in [2.45, 2.75) is 25.8 Å². The molecule has 0 aliphatic carbocycles. The molecule has 1 aliphatic rings. The molecule has 0 radical (unpaired) electrons. The first kappa shape index (κ1) is 13.8. The second-order valence-electron chi connectivity index (χ2n) is 5.24. The van der Waals surface area contributed by atoms with Gasteiger partial charge in [-0.1, -0.05) is 0 Å². The molecule has 112 valence electrons. The third kappa shape index (κ3) is 2.82. The van der Waals surface area contributed by atoms with Crippen LogP contribution >= 0.6 is 0 Å². The van der Waals surface area contributed by atoms with E-state index in [0.29, 0.717) is 23.2 Å². The molecule has 1 aromatic heterocycles. The minimum absolute atomic E-state index is 0.0304. The van der Waals surface area contributed by atoms with Crippen LogP contribution in [0.1, 0.15) is 19.8 Å². The van der Waals surface area contributed by atoms with E-state index >= 15 is 0 Å². The number of nitro groups is 1. The molecule has 1 fully saturated rings. The largest absolute Gasteiger partial charge is 0.423 e. The fraction of sp³-hybridized carbons (Fsp3) is 0.500. The highest BCUT2D eigenvalue weighted by molar-refractivity contribution is 5.77. The van der Waals surface area contributed by atoms with Crippen molar-refractivity contribution in [2.75, 3.05) is 24.5 Å². The molecule has 2 aromatic rings. The normalized spacial score (nSPS) is 18.2. The molecule has 1 atom stereocenters. The van der Waals surface area contributed by atoms with Crippen molar-refractivity contribution in [1.29, 1.82) is 0 Å². The minimum atomic E-state index is -0.423. The monoisotopic (exact) mass is 290 g/mol. The Bertz CT molecular complexity index is 649. The topological polar surface area (TPSA) is 84.4 Å². The third-order valence-electron chi connectivity index (χ3n) is 3.83. The average molecular weight is 290 g/mol. The number of oxazole rings is 1. The van der Waals surface area contributed by atoms with E-state index in [1.54, 1.807) is 6.07 Å². The highest BCUT2D eigenvalue weighted by Crippen LogP contribution is 2.26. The summed E-state index contributed by atoms with van der Waals surface area (Å²) in [6.07, 6.45) is 2.35. The van der Waals surface area contributed by atoms with E-state index in [2.05, 4.69) is 15.2 Å². The van der Waals surface area contributed by atoms with Gasteiger partial charge < -0.3 is 14.6 Å². The number of likely N-dealkylation sites (N-methyl/N-ethyl adjacent to an activating group) is 1. The van der Waals surface area contributed by atoms with E-state index in [9.17, 15) is 10.1 Å². The summed E-state index contributed by atoms with van der Waals surface area (Å²) in [6.45, 7) is 4.73. The van der Waals surface area contributed by atoms with E-state index < -0.39 is 4.92 Å². The minimum Gasteiger partial charge on any atom is -0.423 e. The van der Waals surface area contributed by atoms with Gasteiger partial charge in [0.25, 0.3) is 11.7 Å². The van der Waals surface area contributed by atoms with Crippen molar-refractivity contribution in [1.82, 2.24) is 10.3 Å². The number of nitrogens with one attached hydrogen (secondary N) is 1. The number of benzene rings is 1. The number of nitrogens with zero attached hydrogens (tertiary/aromatic N) is 3. The number of fused-ring (bicyclic) bond motifs is 1. The predicted molar refractivity (Wildman–Crippen MR) is 79.6 cm³/mol. The Morgan fingerprint density at radius 3 is 3.10 bits per heavy atom. The fourth-order valence-corrected chi connectivity index (χ4v) is 2.67. The Kier molecular flexibility index (Phi) is 3.74. The van der Waals surface area contributed by atoms with Gasteiger partial charge in [0.15, 0.2) is 5.58 Å². The van der Waals surface area contributed by atoms with E-state index in [4.69, 9.17) is 4.42 Å². The molecule has 7 heteroatoms. The molecule has 3 rings (SSSR count). The van der Waals surface area contributed by atoms with Crippen LogP contribution in [0.3, 0.4) is 0 Å². The van der Waals surface area contributed by atoms with Crippen LogP contribution in [0.2, 0.25) is 0 Å². The van der Waals surface area contributed by atoms with Crippen molar-refractivity contribution in [3.05, 3.63) is 28.3 Å². The van der Waals surface area contributed by atoms with Gasteiger partial charge in [0.05, 0.1) is 4.92 Å². The first-order valence-electron chi connectivity index (χ1n) is 7.20. The molecule has 1 saturated heterocycles. The van der Waals surface area contributed by atoms with Gasteiger partial charge in [-0.2, -0.15) is 4.98 Å². The zero-order chi connectivity index (χ0) is 14.8. The maximum absolute atomic E-state index is 10.8. The number of anilines is 1. The zero-order valence-corrected chi connectivity index (χ0v) is 11.9. The van der Waals surface area contributed by atoms with Crippen molar-refractivity contribution in [3.8, 4) is 0 Å². The summed E-state index contributed by atoms with van der Waals surface area (Å²) < 4.78 is 5.73. The molecule has 0 bridgehead atoms. The lowest BCUT2D eigenvalue weighted by atomic mass is 10.2. The SMILES string of the molecule is CCN(CC1CCCN1)c1nc2cc([N+](=O)[O-])ccc2o1. The van der Waals surface area contributed by atoms with E-state index in [1.165, 1.54) is 18.6 Å². The van der Waals surface area contributed by atoms with Gasteiger partial charge in [-0.15, -0.1) is 0 Å². The first-order chi connectivity index (χ1) is 10.2. The van der Waals surface area contributed by atoms with Crippen LogP contribution in [0.4, 0.5) is 11.7 Å². The van der Waals surface area contributed by atoms with E-state index in [1.807, 2.05) is 6.92 Å². The summed E-state index contributed by atoms with van der Waals surface area (Å²) in [5, 5.41) is 14.2. The molecule has 1 N–H and O–H groups in total. The number of rotatable bonds is 5. The van der Waals surface area contributed by atoms with Gasteiger partial charge in [-0.25, -0.2) is 0 Å². The second-order valence-corrected chi connectivity index (χ2v) is 5.24. The molecule has 1 aliphatic heterocycles. The van der Waals surface area contributed by atoms with Crippen molar-refractivity contribution in [3.63, 3.8) is 0 Å². The highest BCUT2D eigenvalue weighted by Gasteiger charge is 2.21. The van der Waals surface area contributed by atoms with Crippen LogP contribution in [0.5, 0.6) is 0 Å². The molecule has 0 saturated carbocycles. The van der Waals surface area contributed by atoms with Crippen LogP contribution in [-0.2, 0) is 0 Å². The fourth-order valence-electron chi connectivity index (χ4n) is 2.67. The van der Waals surface area contributed by atoms with Crippen LogP contribution in [-0.4, -0.2) is 35.6 Å². The summed E-state index contributed by atoms with van der Waals surface area (Å²) in [7, 11) is 0. The van der Waals surface area contributed by atoms with E-state index in [0.717, 1.165) is 26.1 Å². The lowest BCUT2D eigenvalue weighted by Gasteiger charge is -2.22. The average Bonchev–Trinajstić information content (AvgIpc) is 3.12. The van der Waals surface area contributed by atoms with Crippen LogP contribution in [0.25, 0.3) is 11.1 Å². The molecule has 0 amide bonds. The maximum atomic E-state index is 10.8. The molecular formula is C14H18N4O3. The molecule has 0 spiro atoms. The van der Waals surface area contributed by atoms with Gasteiger partial charge in [-0.3, -0.25) is 10.1 Å². The molecule has 1 unspecified atom stereocenters. The summed E-state index contributed by atoms with van der Waals surface area (Å²) in [6, 6.07) is 5.47. The summed E-state index contributed by atoms with van der Waals surface area (Å²) in [5.41, 5.74) is 1.13. The summed E-state index contributed by atoms with van der Waals surface area (Å²) >= 11 is 0. The van der Waals surface area contributed by atoms with Crippen molar-refractivity contribution in [2.24, 2.45) is 0 Å². The molecule has 21 heavy (non-hydrogen) atoms. The number of nitro benzene ring substituents is 1. The predicted octanol–water partition coefficient (Wildman–Crippen LogP) is 2.31. The molecular weight excluding hydrogens is 272 g/mol. The number of hydrogen-bond acceptors (Lipinski definition) is 6. The number of aromatic nitrogens is 1. The van der Waals surface area contributed by atoms with Crippen LogP contribution < -0.4 is 10.2 Å². The Morgan fingerprint density at radius 1 is 1.57 bits per heavy atom. The molecule has 2 heterocycles. The maximum Gasteiger partial charge on any atom is 0.298 e. The first-order valence-corrected chi connectivity index (χ1v) is 7.20. The standard InChI is InChI=1S/C14H18N4O3/c1-2-17(9-10-4-3-7-15-10)14-16-12-8-11(18(19)20)5-6-13(12)21-14/h5-6,8,10,15H,2-4,7,9H2,1H3. The Balaban J connectivity index is 1.85. The molecule has 7 nitrogen and oxygen atoms in total. The van der Waals surface area contributed by atoms with Crippen LogP contribution in [0, 0.1) is 10.1 Å². The Morgan fingerprint density at radius 2 is 2.43 bits per heavy atom. The van der Waals surface area contributed by atoms with Crippen molar-refractivity contribution >= 4 is 22.8 Å². The quantitative estimate of drug-likeness (QED) is 0.672. The lowest BCUT2D eigenvalue weighted by molar-refractivity contribution is -0.384. The highest BCUT2D eigenvalue weighted by atomic mass is 16.6. The third-order valence-corrected chi connectivity index (χ3v) is 3.83. The lowest BCUT2D eigenvalue weighted by Crippen LogP contribution is -2.37. The number of hydrogen-bond donors (Lipinski definition) is 1. The zero-order valence-electron chi connectivity index (χ0n) is 11.9. The van der Waals surface area contributed by atoms with Gasteiger partial charge >= 0.3 is 0 Å². The number of non-ortho nitro benzene ring substituents is 1. The van der Waals surface area contributed by atoms with Gasteiger partial charge in [0.2, 0.25) is 0 Å². The summed E-state index contributed by atoms with van der Waals surface area (Å²) in [5.74, 6) is 0. The van der Waals surface area contributed by atoms with Crippen molar-refractivity contribution < 1.29 is 9.34 Å². The Hall–Kier alpha value is -2.15. The van der Waals surface area contributed by atoms with Gasteiger partial charge in [0, 0.05) is 31.3 Å². The smallest absolute Gasteiger partial charge is 0.298 e. The Labute approximate surface area is 122 Å². The van der Waals surface area contributed by atoms with Crippen LogP contribution in [0.15, 0.2) is 22.6 Å². The molecule has 1 aromatic carbocycles. The summed E-state index contributed by atoms with van der Waals surface area (Å²) in [4.78, 5) is 16.8. The van der Waals surface area contributed by atoms with E-state index in [-0.39, 0.29) is 5.69 Å². The van der Waals surface area contributed by atoms with Gasteiger partial charge in [-0.05, 0) is 32.4 Å². The second kappa shape index (κ2) is 5.69.